The lowest BCUT2D eigenvalue weighted by atomic mass is 9.84. The van der Waals surface area contributed by atoms with Gasteiger partial charge in [0.15, 0.2) is 0 Å². The fraction of sp³-hybridized carbons (Fsp3) is 0.450. The molecule has 0 saturated heterocycles. The number of carbonyl (C=O) groups excluding carboxylic acids is 2. The highest BCUT2D eigenvalue weighted by atomic mass is 16.6. The molecule has 0 radical (unpaired) electrons. The van der Waals surface area contributed by atoms with Crippen LogP contribution in [0.5, 0.6) is 0 Å². The van der Waals surface area contributed by atoms with Gasteiger partial charge in [-0.05, 0) is 19.1 Å². The number of rotatable bonds is 5. The maximum atomic E-state index is 13.1. The summed E-state index contributed by atoms with van der Waals surface area (Å²) in [6, 6.07) is 4.34. The molecule has 31 heavy (non-hydrogen) atoms. The molecule has 11 nitrogen and oxygen atoms in total. The van der Waals surface area contributed by atoms with Crippen LogP contribution in [0.1, 0.15) is 42.4 Å². The molecule has 0 atom stereocenters. The number of aromatic nitrogens is 2. The summed E-state index contributed by atoms with van der Waals surface area (Å²) in [5.74, 6) is -0.571. The van der Waals surface area contributed by atoms with Crippen molar-refractivity contribution in [3.05, 3.63) is 45.1 Å². The van der Waals surface area contributed by atoms with E-state index in [9.17, 15) is 19.7 Å². The number of nitrogens with one attached hydrogen (secondary N) is 2. The molecule has 2 heterocycles. The summed E-state index contributed by atoms with van der Waals surface area (Å²) in [6.45, 7) is 6.77. The van der Waals surface area contributed by atoms with E-state index in [0.29, 0.717) is 30.0 Å². The lowest BCUT2D eigenvalue weighted by Gasteiger charge is -2.29. The first kappa shape index (κ1) is 22.2. The first-order valence-electron chi connectivity index (χ1n) is 9.84. The molecule has 1 aromatic carbocycles. The summed E-state index contributed by atoms with van der Waals surface area (Å²) in [5.41, 5.74) is 1.05. The van der Waals surface area contributed by atoms with E-state index in [1.807, 2.05) is 13.8 Å². The second-order valence-corrected chi connectivity index (χ2v) is 8.08. The average Bonchev–Trinajstić information content (AvgIpc) is 3.07. The molecule has 0 bridgehead atoms. The van der Waals surface area contributed by atoms with E-state index in [0.717, 1.165) is 4.68 Å². The summed E-state index contributed by atoms with van der Waals surface area (Å²) in [4.78, 5) is 38.2. The van der Waals surface area contributed by atoms with Gasteiger partial charge in [0.2, 0.25) is 0 Å². The molecule has 1 amide bonds. The van der Waals surface area contributed by atoms with Crippen LogP contribution in [0.4, 0.5) is 22.0 Å². The molecule has 1 aliphatic rings. The lowest BCUT2D eigenvalue weighted by molar-refractivity contribution is -0.385. The van der Waals surface area contributed by atoms with Crippen LogP contribution >= 0.6 is 0 Å². The molecular weight excluding hydrogens is 404 g/mol. The van der Waals surface area contributed by atoms with Crippen LogP contribution in [0.3, 0.4) is 0 Å². The summed E-state index contributed by atoms with van der Waals surface area (Å²) < 4.78 is 6.10. The van der Waals surface area contributed by atoms with Crippen molar-refractivity contribution in [1.29, 1.82) is 0 Å². The highest BCUT2D eigenvalue weighted by Crippen LogP contribution is 2.34. The molecule has 3 rings (SSSR count). The smallest absolute Gasteiger partial charge is 0.436 e. The van der Waals surface area contributed by atoms with Gasteiger partial charge in [-0.15, -0.1) is 4.68 Å². The Morgan fingerprint density at radius 1 is 1.39 bits per heavy atom. The number of anilines is 2. The minimum Gasteiger partial charge on any atom is -0.448 e. The summed E-state index contributed by atoms with van der Waals surface area (Å²) in [6.07, 6.45) is -0.736. The van der Waals surface area contributed by atoms with Crippen molar-refractivity contribution in [3.8, 4) is 0 Å². The number of hydrogen-bond donors (Lipinski definition) is 2. The molecule has 2 N–H and O–H groups in total. The Morgan fingerprint density at radius 3 is 2.71 bits per heavy atom. The molecule has 0 unspecified atom stereocenters. The maximum Gasteiger partial charge on any atom is 0.436 e. The van der Waals surface area contributed by atoms with Gasteiger partial charge < -0.3 is 20.3 Å². The van der Waals surface area contributed by atoms with Crippen LogP contribution in [0.2, 0.25) is 0 Å². The minimum atomic E-state index is -0.736. The van der Waals surface area contributed by atoms with Crippen LogP contribution in [-0.2, 0) is 16.7 Å². The number of nitro benzene ring substituents is 1. The number of fused-ring (bicyclic) bond motifs is 1. The van der Waals surface area contributed by atoms with Crippen molar-refractivity contribution in [2.24, 2.45) is 0 Å². The third-order valence-electron chi connectivity index (χ3n) is 5.10. The number of benzene rings is 1. The van der Waals surface area contributed by atoms with Gasteiger partial charge in [-0.3, -0.25) is 14.9 Å². The van der Waals surface area contributed by atoms with E-state index in [-0.39, 0.29) is 29.1 Å². The number of carbonyl (C=O) groups is 2. The number of nitro groups is 1. The van der Waals surface area contributed by atoms with Crippen LogP contribution < -0.4 is 15.5 Å². The quantitative estimate of drug-likeness (QED) is 0.546. The molecular formula is C20H26N6O5. The van der Waals surface area contributed by atoms with E-state index < -0.39 is 16.9 Å². The molecule has 1 aromatic heterocycles. The fourth-order valence-corrected chi connectivity index (χ4v) is 3.51. The van der Waals surface area contributed by atoms with Crippen molar-refractivity contribution in [3.63, 3.8) is 0 Å². The van der Waals surface area contributed by atoms with Gasteiger partial charge in [0.1, 0.15) is 11.4 Å². The highest BCUT2D eigenvalue weighted by Gasteiger charge is 2.36. The van der Waals surface area contributed by atoms with Gasteiger partial charge in [0.05, 0.1) is 17.2 Å². The molecule has 0 aliphatic carbocycles. The van der Waals surface area contributed by atoms with Crippen LogP contribution in [0, 0.1) is 10.1 Å². The number of nitrogens with zero attached hydrogens (tertiary/aromatic N) is 4. The van der Waals surface area contributed by atoms with E-state index in [1.54, 1.807) is 32.0 Å². The molecule has 0 spiro atoms. The third kappa shape index (κ3) is 4.22. The Bertz CT molecular complexity index is 1040. The van der Waals surface area contributed by atoms with Crippen LogP contribution in [0.25, 0.3) is 0 Å². The second-order valence-electron chi connectivity index (χ2n) is 8.08. The van der Waals surface area contributed by atoms with E-state index in [1.165, 1.54) is 12.1 Å². The van der Waals surface area contributed by atoms with Crippen LogP contribution in [0.15, 0.2) is 18.2 Å². The van der Waals surface area contributed by atoms with Crippen molar-refractivity contribution < 1.29 is 19.2 Å². The van der Waals surface area contributed by atoms with Gasteiger partial charge in [0.25, 0.3) is 11.6 Å². The van der Waals surface area contributed by atoms with Gasteiger partial charge in [-0.2, -0.15) is 5.10 Å². The Morgan fingerprint density at radius 2 is 2.10 bits per heavy atom. The third-order valence-corrected chi connectivity index (χ3v) is 5.10. The van der Waals surface area contributed by atoms with Crippen molar-refractivity contribution in [2.45, 2.75) is 32.7 Å². The first-order chi connectivity index (χ1) is 14.6. The molecule has 0 saturated carbocycles. The number of amides is 1. The zero-order valence-electron chi connectivity index (χ0n) is 18.2. The van der Waals surface area contributed by atoms with Gasteiger partial charge in [-0.25, -0.2) is 4.79 Å². The fourth-order valence-electron chi connectivity index (χ4n) is 3.51. The SMILES string of the molecule is CCOC(=O)n1nc2c(c1NC(=O)c1ccc(N(C)C)cc1[N+](=O)[O-])CNCC2(C)C. The average molecular weight is 430 g/mol. The predicted octanol–water partition coefficient (Wildman–Crippen LogP) is 2.50. The zero-order chi connectivity index (χ0) is 22.9. The van der Waals surface area contributed by atoms with Crippen molar-refractivity contribution in [1.82, 2.24) is 15.1 Å². The van der Waals surface area contributed by atoms with Gasteiger partial charge in [0, 0.05) is 49.9 Å². The van der Waals surface area contributed by atoms with Crippen LogP contribution in [-0.4, -0.2) is 54.0 Å². The van der Waals surface area contributed by atoms with E-state index in [4.69, 9.17) is 4.74 Å². The molecule has 0 fully saturated rings. The maximum absolute atomic E-state index is 13.1. The second kappa shape index (κ2) is 8.34. The molecule has 166 valence electrons. The zero-order valence-corrected chi connectivity index (χ0v) is 18.2. The van der Waals surface area contributed by atoms with Crippen molar-refractivity contribution >= 4 is 29.2 Å². The minimum absolute atomic E-state index is 0.121. The number of ether oxygens (including phenoxy) is 1. The van der Waals surface area contributed by atoms with Crippen molar-refractivity contribution in [2.75, 3.05) is 37.5 Å². The topological polar surface area (TPSA) is 132 Å². The first-order valence-corrected chi connectivity index (χ1v) is 9.84. The number of hydrogen-bond acceptors (Lipinski definition) is 8. The standard InChI is InChI=1S/C20H26N6O5/c1-6-31-19(28)25-17(14-10-21-11-20(2,3)16(14)23-25)22-18(27)13-8-7-12(24(4)5)9-15(13)26(29)30/h7-9,21H,6,10-11H2,1-5H3,(H,22,27). The Hall–Kier alpha value is -3.47. The summed E-state index contributed by atoms with van der Waals surface area (Å²) >= 11 is 0. The molecule has 2 aromatic rings. The molecule has 11 heteroatoms. The van der Waals surface area contributed by atoms with Gasteiger partial charge >= 0.3 is 6.09 Å². The van der Waals surface area contributed by atoms with E-state index >= 15 is 0 Å². The Balaban J connectivity index is 2.06. The normalized spacial score (nSPS) is 14.5. The Labute approximate surface area is 179 Å². The highest BCUT2D eigenvalue weighted by molar-refractivity contribution is 6.08. The predicted molar refractivity (Wildman–Crippen MR) is 115 cm³/mol. The summed E-state index contributed by atoms with van der Waals surface area (Å²) in [5, 5.41) is 21.9. The van der Waals surface area contributed by atoms with E-state index in [2.05, 4.69) is 15.7 Å². The lowest BCUT2D eigenvalue weighted by Crippen LogP contribution is -2.38. The largest absolute Gasteiger partial charge is 0.448 e. The monoisotopic (exact) mass is 430 g/mol. The Kier molecular flexibility index (Phi) is 5.98. The summed E-state index contributed by atoms with van der Waals surface area (Å²) in [7, 11) is 3.50. The van der Waals surface area contributed by atoms with Gasteiger partial charge in [-0.1, -0.05) is 13.8 Å². The molecule has 1 aliphatic heterocycles.